The summed E-state index contributed by atoms with van der Waals surface area (Å²) in [5.74, 6) is 1.37. The molecule has 2 aromatic rings. The number of fused-ring (bicyclic) bond motifs is 1. The van der Waals surface area contributed by atoms with E-state index in [2.05, 4.69) is 20.2 Å². The summed E-state index contributed by atoms with van der Waals surface area (Å²) in [7, 11) is 0. The van der Waals surface area contributed by atoms with Crippen LogP contribution >= 0.6 is 0 Å². The molecule has 20 heavy (non-hydrogen) atoms. The standard InChI is InChI=1S/C13H18N6O/c1-2-10-15-16-11-5-6-12(17-19(10)11)18-7-3-4-9(8-18)13(14)20/h5-6,9H,2-4,7-8H2,1H3,(H2,14,20)/t9-/m0/s1. The highest BCUT2D eigenvalue weighted by Crippen LogP contribution is 2.21. The third kappa shape index (κ3) is 2.19. The number of anilines is 1. The number of nitrogens with two attached hydrogens (primary N) is 1. The Morgan fingerprint density at radius 3 is 3.05 bits per heavy atom. The Bertz CT molecular complexity index is 637. The van der Waals surface area contributed by atoms with E-state index in [1.807, 2.05) is 19.1 Å². The number of aryl methyl sites for hydroxylation is 1. The van der Waals surface area contributed by atoms with Crippen molar-refractivity contribution in [3.05, 3.63) is 18.0 Å². The van der Waals surface area contributed by atoms with Gasteiger partial charge in [-0.1, -0.05) is 6.92 Å². The Balaban J connectivity index is 1.91. The van der Waals surface area contributed by atoms with E-state index in [0.29, 0.717) is 6.54 Å². The minimum Gasteiger partial charge on any atom is -0.369 e. The highest BCUT2D eigenvalue weighted by atomic mass is 16.1. The number of rotatable bonds is 3. The van der Waals surface area contributed by atoms with Crippen molar-refractivity contribution in [2.45, 2.75) is 26.2 Å². The largest absolute Gasteiger partial charge is 0.369 e. The molecule has 0 radical (unpaired) electrons. The summed E-state index contributed by atoms with van der Waals surface area (Å²) in [6.45, 7) is 3.55. The number of carbonyl (C=O) groups is 1. The number of amides is 1. The van der Waals surface area contributed by atoms with Crippen LogP contribution in [0.3, 0.4) is 0 Å². The lowest BCUT2D eigenvalue weighted by molar-refractivity contribution is -0.122. The van der Waals surface area contributed by atoms with E-state index < -0.39 is 0 Å². The molecule has 0 aromatic carbocycles. The first-order valence-electron chi connectivity index (χ1n) is 6.94. The first-order chi connectivity index (χ1) is 9.69. The summed E-state index contributed by atoms with van der Waals surface area (Å²) in [4.78, 5) is 13.5. The summed E-state index contributed by atoms with van der Waals surface area (Å²) in [5, 5.41) is 12.8. The zero-order valence-electron chi connectivity index (χ0n) is 11.5. The van der Waals surface area contributed by atoms with Crippen molar-refractivity contribution in [1.82, 2.24) is 19.8 Å². The Kier molecular flexibility index (Phi) is 3.25. The van der Waals surface area contributed by atoms with Crippen LogP contribution in [0.25, 0.3) is 5.65 Å². The van der Waals surface area contributed by atoms with Gasteiger partial charge < -0.3 is 10.6 Å². The van der Waals surface area contributed by atoms with Gasteiger partial charge in [-0.05, 0) is 25.0 Å². The van der Waals surface area contributed by atoms with E-state index in [1.54, 1.807) is 4.52 Å². The SMILES string of the molecule is CCc1nnc2ccc(N3CCC[C@H](C(N)=O)C3)nn12. The summed E-state index contributed by atoms with van der Waals surface area (Å²) in [5.41, 5.74) is 6.16. The van der Waals surface area contributed by atoms with Gasteiger partial charge in [-0.15, -0.1) is 15.3 Å². The van der Waals surface area contributed by atoms with E-state index in [4.69, 9.17) is 5.73 Å². The maximum atomic E-state index is 11.4. The van der Waals surface area contributed by atoms with Crippen LogP contribution in [0, 0.1) is 5.92 Å². The smallest absolute Gasteiger partial charge is 0.222 e. The Morgan fingerprint density at radius 1 is 1.45 bits per heavy atom. The van der Waals surface area contributed by atoms with E-state index >= 15 is 0 Å². The number of aromatic nitrogens is 4. The molecule has 1 saturated heterocycles. The molecule has 1 aliphatic heterocycles. The van der Waals surface area contributed by atoms with Gasteiger partial charge in [-0.2, -0.15) is 4.52 Å². The van der Waals surface area contributed by atoms with Gasteiger partial charge in [0.25, 0.3) is 0 Å². The minimum absolute atomic E-state index is 0.0900. The van der Waals surface area contributed by atoms with Crippen molar-refractivity contribution < 1.29 is 4.79 Å². The van der Waals surface area contributed by atoms with Gasteiger partial charge >= 0.3 is 0 Å². The van der Waals surface area contributed by atoms with Crippen LogP contribution in [0.5, 0.6) is 0 Å². The van der Waals surface area contributed by atoms with Crippen LogP contribution in [-0.2, 0) is 11.2 Å². The molecule has 106 valence electrons. The minimum atomic E-state index is -0.227. The highest BCUT2D eigenvalue weighted by Gasteiger charge is 2.25. The van der Waals surface area contributed by atoms with Crippen molar-refractivity contribution >= 4 is 17.4 Å². The summed E-state index contributed by atoms with van der Waals surface area (Å²) in [6, 6.07) is 3.83. The monoisotopic (exact) mass is 274 g/mol. The number of piperidine rings is 1. The van der Waals surface area contributed by atoms with Crippen LogP contribution in [-0.4, -0.2) is 38.8 Å². The zero-order valence-corrected chi connectivity index (χ0v) is 11.5. The molecule has 7 nitrogen and oxygen atoms in total. The molecule has 3 heterocycles. The molecule has 0 unspecified atom stereocenters. The molecule has 1 fully saturated rings. The van der Waals surface area contributed by atoms with Crippen molar-refractivity contribution in [3.8, 4) is 0 Å². The van der Waals surface area contributed by atoms with Gasteiger partial charge in [0.2, 0.25) is 5.91 Å². The molecule has 3 rings (SSSR count). The molecule has 2 aromatic heterocycles. The molecule has 0 saturated carbocycles. The third-order valence-corrected chi connectivity index (χ3v) is 3.78. The maximum absolute atomic E-state index is 11.4. The Labute approximate surface area is 116 Å². The fraction of sp³-hybridized carbons (Fsp3) is 0.538. The normalized spacial score (nSPS) is 19.4. The first kappa shape index (κ1) is 12.8. The number of hydrogen-bond donors (Lipinski definition) is 1. The van der Waals surface area contributed by atoms with Crippen molar-refractivity contribution in [1.29, 1.82) is 0 Å². The molecule has 0 spiro atoms. The van der Waals surface area contributed by atoms with Crippen LogP contribution in [0.2, 0.25) is 0 Å². The quantitative estimate of drug-likeness (QED) is 0.874. The van der Waals surface area contributed by atoms with Gasteiger partial charge in [0.15, 0.2) is 11.5 Å². The zero-order chi connectivity index (χ0) is 14.1. The second-order valence-corrected chi connectivity index (χ2v) is 5.12. The highest BCUT2D eigenvalue weighted by molar-refractivity contribution is 5.77. The molecule has 7 heteroatoms. The van der Waals surface area contributed by atoms with E-state index in [-0.39, 0.29) is 11.8 Å². The molecule has 1 aliphatic rings. The lowest BCUT2D eigenvalue weighted by Crippen LogP contribution is -2.41. The summed E-state index contributed by atoms with van der Waals surface area (Å²) in [6.07, 6.45) is 2.60. The fourth-order valence-electron chi connectivity index (χ4n) is 2.63. The van der Waals surface area contributed by atoms with Gasteiger partial charge in [-0.3, -0.25) is 4.79 Å². The molecular weight excluding hydrogens is 256 g/mol. The van der Waals surface area contributed by atoms with Crippen molar-refractivity contribution in [2.75, 3.05) is 18.0 Å². The molecule has 1 amide bonds. The number of nitrogens with zero attached hydrogens (tertiary/aromatic N) is 5. The summed E-state index contributed by atoms with van der Waals surface area (Å²) >= 11 is 0. The predicted octanol–water partition coefficient (Wildman–Crippen LogP) is 0.388. The van der Waals surface area contributed by atoms with Crippen LogP contribution < -0.4 is 10.6 Å². The third-order valence-electron chi connectivity index (χ3n) is 3.78. The number of carbonyl (C=O) groups excluding carboxylic acids is 1. The van der Waals surface area contributed by atoms with E-state index in [1.165, 1.54) is 0 Å². The Morgan fingerprint density at radius 2 is 2.30 bits per heavy atom. The Hall–Kier alpha value is -2.18. The molecule has 0 bridgehead atoms. The van der Waals surface area contributed by atoms with Crippen LogP contribution in [0.4, 0.5) is 5.82 Å². The van der Waals surface area contributed by atoms with E-state index in [9.17, 15) is 4.79 Å². The van der Waals surface area contributed by atoms with E-state index in [0.717, 1.165) is 43.1 Å². The van der Waals surface area contributed by atoms with Crippen molar-refractivity contribution in [3.63, 3.8) is 0 Å². The lowest BCUT2D eigenvalue weighted by atomic mass is 9.97. The predicted molar refractivity (Wildman–Crippen MR) is 74.3 cm³/mol. The molecule has 0 aliphatic carbocycles. The van der Waals surface area contributed by atoms with Crippen LogP contribution in [0.15, 0.2) is 12.1 Å². The average Bonchev–Trinajstić information content (AvgIpc) is 2.89. The first-order valence-corrected chi connectivity index (χ1v) is 6.94. The van der Waals surface area contributed by atoms with Gasteiger partial charge in [0, 0.05) is 19.5 Å². The fourth-order valence-corrected chi connectivity index (χ4v) is 2.63. The second kappa shape index (κ2) is 5.07. The van der Waals surface area contributed by atoms with Crippen molar-refractivity contribution in [2.24, 2.45) is 11.7 Å². The number of primary amides is 1. The topological polar surface area (TPSA) is 89.4 Å². The maximum Gasteiger partial charge on any atom is 0.222 e. The average molecular weight is 274 g/mol. The second-order valence-electron chi connectivity index (χ2n) is 5.12. The van der Waals surface area contributed by atoms with Gasteiger partial charge in [0.05, 0.1) is 5.92 Å². The van der Waals surface area contributed by atoms with Gasteiger partial charge in [0.1, 0.15) is 5.82 Å². The lowest BCUT2D eigenvalue weighted by Gasteiger charge is -2.31. The molecular formula is C13H18N6O. The molecule has 1 atom stereocenters. The summed E-state index contributed by atoms with van der Waals surface area (Å²) < 4.78 is 1.77. The molecule has 2 N–H and O–H groups in total. The number of hydrogen-bond acceptors (Lipinski definition) is 5. The van der Waals surface area contributed by atoms with Gasteiger partial charge in [-0.25, -0.2) is 0 Å². The van der Waals surface area contributed by atoms with Crippen LogP contribution in [0.1, 0.15) is 25.6 Å².